The van der Waals surface area contributed by atoms with Crippen molar-refractivity contribution in [2.24, 2.45) is 10.7 Å². The third-order valence-corrected chi connectivity index (χ3v) is 5.80. The van der Waals surface area contributed by atoms with Crippen LogP contribution in [-0.4, -0.2) is 45.2 Å². The number of alkyl halides is 4. The summed E-state index contributed by atoms with van der Waals surface area (Å²) in [6.07, 6.45) is -2.54. The van der Waals surface area contributed by atoms with Crippen LogP contribution < -0.4 is 15.8 Å². The molecule has 7 nitrogen and oxygen atoms in total. The highest BCUT2D eigenvalue weighted by Gasteiger charge is 2.43. The highest BCUT2D eigenvalue weighted by molar-refractivity contribution is 8.15. The number of hydrogen-bond donors (Lipinski definition) is 2. The van der Waals surface area contributed by atoms with Crippen molar-refractivity contribution >= 4 is 28.5 Å². The molecule has 2 heterocycles. The number of thioether (sulfide) groups is 1. The molecule has 1 aliphatic heterocycles. The molecule has 3 N–H and O–H groups in total. The lowest BCUT2D eigenvalue weighted by Gasteiger charge is -2.39. The van der Waals surface area contributed by atoms with E-state index in [0.29, 0.717) is 0 Å². The maximum atomic E-state index is 14.7. The molecule has 178 valence electrons. The summed E-state index contributed by atoms with van der Waals surface area (Å²) >= 11 is 1.08. The van der Waals surface area contributed by atoms with Crippen molar-refractivity contribution in [2.75, 3.05) is 18.6 Å². The molecular weight excluding hydrogens is 469 g/mol. The second-order valence-corrected chi connectivity index (χ2v) is 9.49. The summed E-state index contributed by atoms with van der Waals surface area (Å²) in [6.45, 7) is 1.06. The van der Waals surface area contributed by atoms with Crippen LogP contribution in [0.15, 0.2) is 35.6 Å². The Morgan fingerprint density at radius 3 is 2.61 bits per heavy atom. The van der Waals surface area contributed by atoms with Crippen molar-refractivity contribution in [3.8, 4) is 5.88 Å². The van der Waals surface area contributed by atoms with Crippen LogP contribution in [0.1, 0.15) is 36.3 Å². The van der Waals surface area contributed by atoms with E-state index >= 15 is 0 Å². The van der Waals surface area contributed by atoms with E-state index in [4.69, 9.17) is 5.73 Å². The molecule has 2 aromatic rings. The number of aromatic nitrogens is 2. The normalized spacial score (nSPS) is 23.1. The van der Waals surface area contributed by atoms with Gasteiger partial charge in [0, 0.05) is 11.3 Å². The summed E-state index contributed by atoms with van der Waals surface area (Å²) in [5.74, 6) is -1.74. The van der Waals surface area contributed by atoms with Gasteiger partial charge in [0.1, 0.15) is 18.2 Å². The maximum Gasteiger partial charge on any atom is 0.422 e. The molecule has 0 radical (unpaired) electrons. The Kier molecular flexibility index (Phi) is 6.82. The molecule has 13 heteroatoms. The lowest BCUT2D eigenvalue weighted by Crippen LogP contribution is -2.41. The molecule has 0 unspecified atom stereocenters. The number of aliphatic imine (C=N–C) groups is 1. The van der Waals surface area contributed by atoms with E-state index in [1.165, 1.54) is 12.1 Å². The zero-order valence-electron chi connectivity index (χ0n) is 17.5. The maximum absolute atomic E-state index is 14.7. The van der Waals surface area contributed by atoms with Gasteiger partial charge in [0.25, 0.3) is 5.91 Å². The Hall–Kier alpha value is -2.96. The van der Waals surface area contributed by atoms with Gasteiger partial charge >= 0.3 is 6.18 Å². The summed E-state index contributed by atoms with van der Waals surface area (Å²) in [7, 11) is 0. The van der Waals surface area contributed by atoms with E-state index in [2.05, 4.69) is 25.0 Å². The van der Waals surface area contributed by atoms with Gasteiger partial charge in [-0.1, -0.05) is 11.8 Å². The fraction of sp³-hybridized carbons (Fsp3) is 0.400. The van der Waals surface area contributed by atoms with Crippen molar-refractivity contribution in [2.45, 2.75) is 36.7 Å². The summed E-state index contributed by atoms with van der Waals surface area (Å²) in [6, 6.07) is 3.82. The minimum absolute atomic E-state index is 0.116. The molecule has 0 spiro atoms. The fourth-order valence-electron chi connectivity index (χ4n) is 3.43. The van der Waals surface area contributed by atoms with E-state index in [0.717, 1.165) is 30.2 Å². The van der Waals surface area contributed by atoms with Crippen LogP contribution in [-0.2, 0) is 5.54 Å². The lowest BCUT2D eigenvalue weighted by molar-refractivity contribution is -0.154. The first kappa shape index (κ1) is 24.7. The zero-order chi connectivity index (χ0) is 24.4. The number of amides is 1. The number of nitrogens with zero attached hydrogens (tertiary/aromatic N) is 3. The van der Waals surface area contributed by atoms with Gasteiger partial charge in [-0.3, -0.25) is 9.79 Å². The van der Waals surface area contributed by atoms with Gasteiger partial charge in [0.15, 0.2) is 11.8 Å². The molecule has 0 bridgehead atoms. The summed E-state index contributed by atoms with van der Waals surface area (Å²) in [5, 5.41) is 2.64. The fourth-order valence-corrected chi connectivity index (χ4v) is 4.59. The molecule has 33 heavy (non-hydrogen) atoms. The first-order valence-electron chi connectivity index (χ1n) is 9.56. The number of benzene rings is 1. The molecule has 1 aromatic heterocycles. The standard InChI is InChI=1S/C20H20F5N5O2S/c1-18(9-21)8-19(2,30-17(26)33-18)12-5-11(3-4-13(12)22)29-16(31)14-6-28-15(7-27-14)32-10-20(23,24)25/h3-7H,8-10H2,1-2H3,(H2,26,30)(H,29,31)/t18-,19+/m1/s1. The number of rotatable bonds is 6. The van der Waals surface area contributed by atoms with Crippen molar-refractivity contribution in [1.29, 1.82) is 0 Å². The number of carbonyl (C=O) groups is 1. The van der Waals surface area contributed by atoms with Gasteiger partial charge in [-0.15, -0.1) is 0 Å². The number of halogens is 5. The highest BCUT2D eigenvalue weighted by Crippen LogP contribution is 2.46. The molecule has 1 aromatic carbocycles. The average Bonchev–Trinajstić information content (AvgIpc) is 2.72. The van der Waals surface area contributed by atoms with Crippen LogP contribution in [0.2, 0.25) is 0 Å². The van der Waals surface area contributed by atoms with Crippen molar-refractivity contribution < 1.29 is 31.5 Å². The Labute approximate surface area is 190 Å². The van der Waals surface area contributed by atoms with E-state index < -0.39 is 47.3 Å². The van der Waals surface area contributed by atoms with Crippen LogP contribution in [0.4, 0.5) is 27.6 Å². The second kappa shape index (κ2) is 9.12. The van der Waals surface area contributed by atoms with Gasteiger partial charge in [-0.05, 0) is 38.5 Å². The van der Waals surface area contributed by atoms with Crippen LogP contribution in [0, 0.1) is 5.82 Å². The molecule has 3 rings (SSSR count). The summed E-state index contributed by atoms with van der Waals surface area (Å²) in [4.78, 5) is 24.2. The Bertz CT molecular complexity index is 1070. The molecule has 1 amide bonds. The van der Waals surface area contributed by atoms with Crippen LogP contribution >= 0.6 is 11.8 Å². The number of hydrogen-bond acceptors (Lipinski definition) is 7. The predicted molar refractivity (Wildman–Crippen MR) is 113 cm³/mol. The number of amidine groups is 1. The van der Waals surface area contributed by atoms with Crippen molar-refractivity contribution in [3.63, 3.8) is 0 Å². The number of carbonyl (C=O) groups excluding carboxylic acids is 1. The minimum atomic E-state index is -4.54. The second-order valence-electron chi connectivity index (χ2n) is 7.88. The number of nitrogens with two attached hydrogens (primary N) is 1. The van der Waals surface area contributed by atoms with E-state index in [9.17, 15) is 26.7 Å². The number of anilines is 1. The first-order valence-corrected chi connectivity index (χ1v) is 10.4. The first-order chi connectivity index (χ1) is 15.3. The Balaban J connectivity index is 1.79. The van der Waals surface area contributed by atoms with Gasteiger partial charge in [-0.2, -0.15) is 13.2 Å². The molecule has 0 saturated heterocycles. The zero-order valence-corrected chi connectivity index (χ0v) is 18.4. The largest absolute Gasteiger partial charge is 0.467 e. The van der Waals surface area contributed by atoms with E-state index in [1.807, 2.05) is 0 Å². The monoisotopic (exact) mass is 489 g/mol. The van der Waals surface area contributed by atoms with Crippen LogP contribution in [0.5, 0.6) is 5.88 Å². The molecular formula is C20H20F5N5O2S. The number of nitrogens with one attached hydrogen (secondary N) is 1. The molecule has 1 aliphatic rings. The molecule has 2 atom stereocenters. The summed E-state index contributed by atoms with van der Waals surface area (Å²) in [5.41, 5.74) is 4.81. The highest BCUT2D eigenvalue weighted by atomic mass is 32.2. The number of ether oxygens (including phenoxy) is 1. The van der Waals surface area contributed by atoms with E-state index in [1.54, 1.807) is 13.8 Å². The van der Waals surface area contributed by atoms with Gasteiger partial charge in [0.05, 0.1) is 22.7 Å². The lowest BCUT2D eigenvalue weighted by atomic mass is 9.83. The quantitative estimate of drug-likeness (QED) is 0.590. The summed E-state index contributed by atoms with van der Waals surface area (Å²) < 4.78 is 68.5. The van der Waals surface area contributed by atoms with Gasteiger partial charge in [0.2, 0.25) is 5.88 Å². The predicted octanol–water partition coefficient (Wildman–Crippen LogP) is 4.20. The minimum Gasteiger partial charge on any atom is -0.467 e. The van der Waals surface area contributed by atoms with Gasteiger partial charge in [-0.25, -0.2) is 18.7 Å². The Morgan fingerprint density at radius 1 is 1.27 bits per heavy atom. The van der Waals surface area contributed by atoms with Crippen molar-refractivity contribution in [3.05, 3.63) is 47.7 Å². The smallest absolute Gasteiger partial charge is 0.422 e. The third-order valence-electron chi connectivity index (χ3n) is 4.76. The SMILES string of the molecule is C[C@]1(CF)C[C@@](C)(c2cc(NC(=O)c3cnc(OCC(F)(F)F)cn3)ccc2F)N=C(N)S1. The van der Waals surface area contributed by atoms with Crippen LogP contribution in [0.3, 0.4) is 0 Å². The van der Waals surface area contributed by atoms with Crippen LogP contribution in [0.25, 0.3) is 0 Å². The molecule has 0 fully saturated rings. The van der Waals surface area contributed by atoms with Gasteiger partial charge < -0.3 is 15.8 Å². The molecule has 0 saturated carbocycles. The average molecular weight is 489 g/mol. The topological polar surface area (TPSA) is 102 Å². The van der Waals surface area contributed by atoms with Crippen molar-refractivity contribution in [1.82, 2.24) is 9.97 Å². The third kappa shape index (κ3) is 6.09. The van der Waals surface area contributed by atoms with E-state index in [-0.39, 0.29) is 28.5 Å². The molecule has 0 aliphatic carbocycles. The Morgan fingerprint density at radius 2 is 2.00 bits per heavy atom.